The van der Waals surface area contributed by atoms with E-state index in [2.05, 4.69) is 5.10 Å². The van der Waals surface area contributed by atoms with Gasteiger partial charge in [0.25, 0.3) is 5.91 Å². The topological polar surface area (TPSA) is 84.4 Å². The first kappa shape index (κ1) is 14.1. The molecule has 0 unspecified atom stereocenters. The van der Waals surface area contributed by atoms with Crippen LogP contribution in [-0.2, 0) is 13.1 Å². The Kier molecular flexibility index (Phi) is 3.69. The predicted molar refractivity (Wildman–Crippen MR) is 80.9 cm³/mol. The minimum absolute atomic E-state index is 0.0317. The van der Waals surface area contributed by atoms with Gasteiger partial charge in [0.15, 0.2) is 0 Å². The fraction of sp³-hybridized carbons (Fsp3) is 0.429. The lowest BCUT2D eigenvalue weighted by Crippen LogP contribution is -2.30. The number of amides is 1. The summed E-state index contributed by atoms with van der Waals surface area (Å²) in [5.74, 6) is -0.0317. The number of carbonyl (C=O) groups is 1. The maximum atomic E-state index is 12.6. The molecule has 0 spiro atoms. The zero-order chi connectivity index (χ0) is 15.0. The van der Waals surface area contributed by atoms with Gasteiger partial charge in [0, 0.05) is 13.1 Å². The summed E-state index contributed by atoms with van der Waals surface area (Å²) < 4.78 is 1.88. The van der Waals surface area contributed by atoms with E-state index in [1.807, 2.05) is 16.1 Å². The fourth-order valence-corrected chi connectivity index (χ4v) is 3.28. The highest BCUT2D eigenvalue weighted by atomic mass is 32.1. The van der Waals surface area contributed by atoms with Crippen LogP contribution in [0.25, 0.3) is 0 Å². The summed E-state index contributed by atoms with van der Waals surface area (Å²) in [6, 6.07) is 3.62. The number of nitrogens with zero attached hydrogens (tertiary/aromatic N) is 3. The van der Waals surface area contributed by atoms with E-state index in [1.54, 1.807) is 17.9 Å². The molecule has 3 N–H and O–H groups in total. The molecule has 0 saturated heterocycles. The molecule has 0 radical (unpaired) electrons. The second-order valence-corrected chi connectivity index (χ2v) is 6.16. The van der Waals surface area contributed by atoms with Crippen molar-refractivity contribution in [3.8, 4) is 0 Å². The average molecular weight is 306 g/mol. The lowest BCUT2D eigenvalue weighted by atomic mass is 10.2. The number of nitrogen functional groups attached to an aromatic ring is 1. The smallest absolute Gasteiger partial charge is 0.266 e. The van der Waals surface area contributed by atoms with Crippen LogP contribution in [0.3, 0.4) is 0 Å². The molecular weight excluding hydrogens is 288 g/mol. The van der Waals surface area contributed by atoms with Gasteiger partial charge in [-0.3, -0.25) is 9.48 Å². The molecule has 21 heavy (non-hydrogen) atoms. The van der Waals surface area contributed by atoms with Gasteiger partial charge in [0.05, 0.1) is 29.7 Å². The number of aromatic nitrogens is 2. The maximum Gasteiger partial charge on any atom is 0.266 e. The van der Waals surface area contributed by atoms with Crippen LogP contribution >= 0.6 is 11.3 Å². The zero-order valence-electron chi connectivity index (χ0n) is 11.8. The molecule has 0 aromatic carbocycles. The Morgan fingerprint density at radius 2 is 2.33 bits per heavy atom. The van der Waals surface area contributed by atoms with Gasteiger partial charge in [-0.05, 0) is 30.9 Å². The van der Waals surface area contributed by atoms with E-state index < -0.39 is 6.10 Å². The summed E-state index contributed by atoms with van der Waals surface area (Å²) in [5, 5.41) is 15.9. The average Bonchev–Trinajstić information content (AvgIpc) is 2.99. The zero-order valence-corrected chi connectivity index (χ0v) is 12.6. The number of aliphatic hydroxyl groups is 1. The molecule has 3 heterocycles. The van der Waals surface area contributed by atoms with E-state index in [1.165, 1.54) is 11.3 Å². The highest BCUT2D eigenvalue weighted by molar-refractivity contribution is 7.12. The molecule has 2 aromatic rings. The van der Waals surface area contributed by atoms with Crippen LogP contribution in [-0.4, -0.2) is 32.2 Å². The minimum Gasteiger partial charge on any atom is -0.397 e. The number of aryl methyl sites for hydroxylation is 1. The molecule has 0 aliphatic carbocycles. The van der Waals surface area contributed by atoms with Gasteiger partial charge < -0.3 is 15.7 Å². The van der Waals surface area contributed by atoms with Crippen LogP contribution in [0.5, 0.6) is 0 Å². The highest BCUT2D eigenvalue weighted by Gasteiger charge is 2.24. The summed E-state index contributed by atoms with van der Waals surface area (Å²) >= 11 is 1.37. The number of rotatable bonds is 2. The van der Waals surface area contributed by atoms with Crippen LogP contribution in [0.2, 0.25) is 0 Å². The number of carbonyl (C=O) groups excluding carboxylic acids is 1. The third-order valence-electron chi connectivity index (χ3n) is 3.64. The van der Waals surface area contributed by atoms with E-state index in [-0.39, 0.29) is 5.91 Å². The van der Waals surface area contributed by atoms with E-state index in [9.17, 15) is 9.90 Å². The quantitative estimate of drug-likeness (QED) is 0.883. The number of hydrogen-bond acceptors (Lipinski definition) is 5. The molecule has 1 atom stereocenters. The lowest BCUT2D eigenvalue weighted by molar-refractivity contribution is 0.0751. The first-order valence-electron chi connectivity index (χ1n) is 6.93. The number of thiophene rings is 1. The molecule has 7 heteroatoms. The van der Waals surface area contributed by atoms with Gasteiger partial charge in [-0.25, -0.2) is 0 Å². The molecule has 3 rings (SSSR count). The second-order valence-electron chi connectivity index (χ2n) is 5.24. The maximum absolute atomic E-state index is 12.6. The number of fused-ring (bicyclic) bond motifs is 1. The Hall–Kier alpha value is -1.86. The van der Waals surface area contributed by atoms with E-state index >= 15 is 0 Å². The molecule has 2 aromatic heterocycles. The molecule has 1 aliphatic heterocycles. The SMILES string of the molecule is C[C@@H](O)c1cc2n(n1)CCCN(C(=O)c1sccc1N)C2. The van der Waals surface area contributed by atoms with E-state index in [4.69, 9.17) is 5.73 Å². The van der Waals surface area contributed by atoms with Crippen molar-refractivity contribution in [2.24, 2.45) is 0 Å². The number of aliphatic hydroxyl groups excluding tert-OH is 1. The van der Waals surface area contributed by atoms with Crippen LogP contribution in [0.1, 0.15) is 40.5 Å². The molecule has 0 saturated carbocycles. The number of anilines is 1. The predicted octanol–water partition coefficient (Wildman–Crippen LogP) is 1.63. The van der Waals surface area contributed by atoms with Gasteiger partial charge in [0.1, 0.15) is 4.88 Å². The van der Waals surface area contributed by atoms with Gasteiger partial charge in [-0.1, -0.05) is 0 Å². The molecule has 1 amide bonds. The Morgan fingerprint density at radius 1 is 1.52 bits per heavy atom. The molecule has 0 fully saturated rings. The summed E-state index contributed by atoms with van der Waals surface area (Å²) in [6.07, 6.45) is 0.242. The van der Waals surface area contributed by atoms with Crippen molar-refractivity contribution in [3.05, 3.63) is 33.8 Å². The minimum atomic E-state index is -0.596. The first-order valence-corrected chi connectivity index (χ1v) is 7.81. The number of nitrogens with two attached hydrogens (primary N) is 1. The molecule has 6 nitrogen and oxygen atoms in total. The van der Waals surface area contributed by atoms with E-state index in [0.29, 0.717) is 29.3 Å². The monoisotopic (exact) mass is 306 g/mol. The van der Waals surface area contributed by atoms with Gasteiger partial charge in [0.2, 0.25) is 0 Å². The normalized spacial score (nSPS) is 16.4. The summed E-state index contributed by atoms with van der Waals surface area (Å²) in [5.41, 5.74) is 7.97. The third kappa shape index (κ3) is 2.66. The molecule has 0 bridgehead atoms. The van der Waals surface area contributed by atoms with E-state index in [0.717, 1.165) is 18.7 Å². The van der Waals surface area contributed by atoms with Crippen molar-refractivity contribution in [1.82, 2.24) is 14.7 Å². The van der Waals surface area contributed by atoms with Crippen molar-refractivity contribution in [2.75, 3.05) is 12.3 Å². The fourth-order valence-electron chi connectivity index (χ4n) is 2.50. The summed E-state index contributed by atoms with van der Waals surface area (Å²) in [7, 11) is 0. The van der Waals surface area contributed by atoms with Crippen molar-refractivity contribution in [2.45, 2.75) is 32.5 Å². The largest absolute Gasteiger partial charge is 0.397 e. The standard InChI is InChI=1S/C14H18N4O2S/c1-9(19)12-7-10-8-17(4-2-5-18(10)16-12)14(20)13-11(15)3-6-21-13/h3,6-7,9,19H,2,4-5,8,15H2,1H3/t9-/m1/s1. The van der Waals surface area contributed by atoms with Crippen LogP contribution in [0.15, 0.2) is 17.5 Å². The lowest BCUT2D eigenvalue weighted by Gasteiger charge is -2.19. The Labute approximate surface area is 126 Å². The third-order valence-corrected chi connectivity index (χ3v) is 4.56. The Bertz CT molecular complexity index is 662. The van der Waals surface area contributed by atoms with Crippen molar-refractivity contribution in [1.29, 1.82) is 0 Å². The van der Waals surface area contributed by atoms with Crippen molar-refractivity contribution < 1.29 is 9.90 Å². The van der Waals surface area contributed by atoms with Crippen LogP contribution in [0.4, 0.5) is 5.69 Å². The number of hydrogen-bond donors (Lipinski definition) is 2. The van der Waals surface area contributed by atoms with Gasteiger partial charge in [-0.15, -0.1) is 11.3 Å². The highest BCUT2D eigenvalue weighted by Crippen LogP contribution is 2.24. The molecule has 1 aliphatic rings. The summed E-state index contributed by atoms with van der Waals surface area (Å²) in [4.78, 5) is 15.0. The van der Waals surface area contributed by atoms with Crippen molar-refractivity contribution in [3.63, 3.8) is 0 Å². The Morgan fingerprint density at radius 3 is 3.00 bits per heavy atom. The van der Waals surface area contributed by atoms with Crippen LogP contribution in [0, 0.1) is 0 Å². The Balaban J connectivity index is 1.85. The molecule has 112 valence electrons. The second kappa shape index (κ2) is 5.50. The first-order chi connectivity index (χ1) is 10.1. The van der Waals surface area contributed by atoms with Gasteiger partial charge >= 0.3 is 0 Å². The summed E-state index contributed by atoms with van der Waals surface area (Å²) in [6.45, 7) is 3.63. The van der Waals surface area contributed by atoms with Gasteiger partial charge in [-0.2, -0.15) is 5.10 Å². The van der Waals surface area contributed by atoms with Crippen LogP contribution < -0.4 is 5.73 Å². The van der Waals surface area contributed by atoms with Crippen molar-refractivity contribution >= 4 is 22.9 Å². The molecular formula is C14H18N4O2S.